The Bertz CT molecular complexity index is 834. The van der Waals surface area contributed by atoms with Crippen LogP contribution in [0.1, 0.15) is 39.0 Å². The molecule has 4 unspecified atom stereocenters. The van der Waals surface area contributed by atoms with Crippen LogP contribution in [0.2, 0.25) is 0 Å². The number of hydrogen-bond donors (Lipinski definition) is 1. The first-order chi connectivity index (χ1) is 15.8. The molecule has 0 aliphatic carbocycles. The molecule has 0 radical (unpaired) electrons. The zero-order chi connectivity index (χ0) is 23.7. The Hall–Kier alpha value is -2.69. The van der Waals surface area contributed by atoms with Gasteiger partial charge in [0.15, 0.2) is 0 Å². The van der Waals surface area contributed by atoms with E-state index in [0.29, 0.717) is 58.4 Å². The highest BCUT2D eigenvalue weighted by atomic mass is 16.5. The Kier molecular flexibility index (Phi) is 6.87. The highest BCUT2D eigenvalue weighted by Crippen LogP contribution is 2.24. The molecule has 0 spiro atoms. The summed E-state index contributed by atoms with van der Waals surface area (Å²) in [5.41, 5.74) is 0. The smallest absolute Gasteiger partial charge is 0.328 e. The highest BCUT2D eigenvalue weighted by molar-refractivity contribution is 5.95. The maximum Gasteiger partial charge on any atom is 0.328 e. The van der Waals surface area contributed by atoms with Gasteiger partial charge >= 0.3 is 5.97 Å². The molecule has 0 saturated carbocycles. The van der Waals surface area contributed by atoms with Crippen LogP contribution in [0.3, 0.4) is 0 Å². The van der Waals surface area contributed by atoms with Crippen LogP contribution in [0.25, 0.3) is 0 Å². The molecule has 4 atom stereocenters. The molecular formula is C22H33N5O6. The lowest BCUT2D eigenvalue weighted by Crippen LogP contribution is -2.64. The molecule has 4 fully saturated rings. The summed E-state index contributed by atoms with van der Waals surface area (Å²) in [4.78, 5) is 71.8. The number of ether oxygens (including phenoxy) is 1. The molecule has 11 heteroatoms. The maximum absolute atomic E-state index is 13.5. The van der Waals surface area contributed by atoms with Crippen molar-refractivity contribution in [2.45, 2.75) is 63.2 Å². The van der Waals surface area contributed by atoms with Gasteiger partial charge in [-0.3, -0.25) is 19.2 Å². The van der Waals surface area contributed by atoms with Crippen LogP contribution in [0.15, 0.2) is 0 Å². The summed E-state index contributed by atoms with van der Waals surface area (Å²) < 4.78 is 5.34. The number of amides is 4. The number of cyclic esters (lactones) is 1. The maximum atomic E-state index is 13.5. The van der Waals surface area contributed by atoms with Gasteiger partial charge in [-0.15, -0.1) is 0 Å². The van der Waals surface area contributed by atoms with E-state index in [1.165, 1.54) is 4.90 Å². The Balaban J connectivity index is 1.62. The van der Waals surface area contributed by atoms with Crippen LogP contribution in [-0.4, -0.2) is 120 Å². The van der Waals surface area contributed by atoms with E-state index < -0.39 is 36.0 Å². The van der Waals surface area contributed by atoms with Gasteiger partial charge in [-0.25, -0.2) is 4.79 Å². The molecule has 33 heavy (non-hydrogen) atoms. The van der Waals surface area contributed by atoms with Gasteiger partial charge < -0.3 is 29.7 Å². The number of carbonyl (C=O) groups excluding carboxylic acids is 5. The van der Waals surface area contributed by atoms with Gasteiger partial charge in [-0.2, -0.15) is 0 Å². The number of hydrogen-bond acceptors (Lipinski definition) is 7. The van der Waals surface area contributed by atoms with Crippen molar-refractivity contribution in [3.8, 4) is 0 Å². The van der Waals surface area contributed by atoms with Crippen LogP contribution in [0.5, 0.6) is 0 Å². The van der Waals surface area contributed by atoms with Crippen molar-refractivity contribution in [1.29, 1.82) is 0 Å². The van der Waals surface area contributed by atoms with Crippen LogP contribution < -0.4 is 5.32 Å². The van der Waals surface area contributed by atoms with Crippen molar-refractivity contribution in [2.75, 3.05) is 46.4 Å². The fourth-order valence-corrected chi connectivity index (χ4v) is 5.30. The Morgan fingerprint density at radius 1 is 0.818 bits per heavy atom. The summed E-state index contributed by atoms with van der Waals surface area (Å²) in [6, 6.07) is -2.92. The Labute approximate surface area is 193 Å². The summed E-state index contributed by atoms with van der Waals surface area (Å²) >= 11 is 0. The van der Waals surface area contributed by atoms with E-state index in [1.54, 1.807) is 16.7 Å². The standard InChI is InChI=1S/C22H33N5O6/c1-14-20(30)26-9-4-6-16(26)22(32)33-12-7-18(28)25-8-3-5-15(25)21(31)27-11-10-24(2)13-17(27)19(29)23-14/h14-17H,3-13H2,1-2H3,(H,23,29). The van der Waals surface area contributed by atoms with E-state index in [0.717, 1.165) is 0 Å². The van der Waals surface area contributed by atoms with Crippen molar-refractivity contribution in [2.24, 2.45) is 0 Å². The van der Waals surface area contributed by atoms with E-state index >= 15 is 0 Å². The average Bonchev–Trinajstić information content (AvgIpc) is 3.47. The third kappa shape index (κ3) is 4.68. The van der Waals surface area contributed by atoms with Gasteiger partial charge in [0.25, 0.3) is 0 Å². The lowest BCUT2D eigenvalue weighted by atomic mass is 10.1. The molecule has 4 rings (SSSR count). The van der Waals surface area contributed by atoms with E-state index in [9.17, 15) is 24.0 Å². The summed E-state index contributed by atoms with van der Waals surface area (Å²) in [5, 5.41) is 2.76. The predicted molar refractivity (Wildman–Crippen MR) is 116 cm³/mol. The Morgan fingerprint density at radius 3 is 2.24 bits per heavy atom. The minimum absolute atomic E-state index is 0.0146. The number of piperazine rings is 1. The quantitative estimate of drug-likeness (QED) is 0.437. The molecule has 0 bridgehead atoms. The molecule has 0 aromatic rings. The fraction of sp³-hybridized carbons (Fsp3) is 0.773. The van der Waals surface area contributed by atoms with Gasteiger partial charge in [-0.1, -0.05) is 0 Å². The lowest BCUT2D eigenvalue weighted by molar-refractivity contribution is -0.157. The van der Waals surface area contributed by atoms with Crippen LogP contribution in [-0.2, 0) is 28.7 Å². The van der Waals surface area contributed by atoms with Gasteiger partial charge in [0, 0.05) is 32.7 Å². The number of esters is 1. The summed E-state index contributed by atoms with van der Waals surface area (Å²) in [6.07, 6.45) is 2.38. The molecule has 0 aromatic carbocycles. The third-order valence-electron chi connectivity index (χ3n) is 7.12. The minimum Gasteiger partial charge on any atom is -0.464 e. The second-order valence-corrected chi connectivity index (χ2v) is 9.39. The van der Waals surface area contributed by atoms with Crippen molar-refractivity contribution in [3.05, 3.63) is 0 Å². The largest absolute Gasteiger partial charge is 0.464 e. The molecule has 4 amide bonds. The number of carbonyl (C=O) groups is 5. The predicted octanol–water partition coefficient (Wildman–Crippen LogP) is -1.44. The molecule has 4 aliphatic rings. The topological polar surface area (TPSA) is 120 Å². The van der Waals surface area contributed by atoms with Gasteiger partial charge in [0.05, 0.1) is 6.42 Å². The van der Waals surface area contributed by atoms with E-state index in [4.69, 9.17) is 4.74 Å². The first kappa shape index (κ1) is 23.5. The first-order valence-corrected chi connectivity index (χ1v) is 11.8. The number of nitrogens with zero attached hydrogens (tertiary/aromatic N) is 4. The van der Waals surface area contributed by atoms with Crippen LogP contribution >= 0.6 is 0 Å². The summed E-state index contributed by atoms with van der Waals surface area (Å²) in [7, 11) is 1.88. The molecule has 4 saturated heterocycles. The van der Waals surface area contributed by atoms with Gasteiger partial charge in [-0.05, 0) is 39.7 Å². The number of rotatable bonds is 0. The summed E-state index contributed by atoms with van der Waals surface area (Å²) in [5.74, 6) is -1.77. The van der Waals surface area contributed by atoms with Gasteiger partial charge in [0.2, 0.25) is 23.6 Å². The monoisotopic (exact) mass is 463 g/mol. The summed E-state index contributed by atoms with van der Waals surface area (Å²) in [6.45, 7) is 3.73. The Morgan fingerprint density at radius 2 is 1.48 bits per heavy atom. The van der Waals surface area contributed by atoms with Crippen LogP contribution in [0.4, 0.5) is 0 Å². The molecular weight excluding hydrogens is 430 g/mol. The van der Waals surface area contributed by atoms with Crippen LogP contribution in [0, 0.1) is 0 Å². The first-order valence-electron chi connectivity index (χ1n) is 11.8. The van der Waals surface area contributed by atoms with E-state index in [-0.39, 0.29) is 30.7 Å². The minimum atomic E-state index is -0.840. The van der Waals surface area contributed by atoms with Gasteiger partial charge in [0.1, 0.15) is 30.8 Å². The number of likely N-dealkylation sites (N-methyl/N-ethyl adjacent to an activating group) is 1. The normalized spacial score (nSPS) is 32.9. The second kappa shape index (κ2) is 9.66. The van der Waals surface area contributed by atoms with Crippen molar-refractivity contribution in [1.82, 2.24) is 24.9 Å². The van der Waals surface area contributed by atoms with E-state index in [1.807, 2.05) is 11.9 Å². The van der Waals surface area contributed by atoms with Crippen molar-refractivity contribution in [3.63, 3.8) is 0 Å². The van der Waals surface area contributed by atoms with Crippen molar-refractivity contribution >= 4 is 29.6 Å². The van der Waals surface area contributed by atoms with E-state index in [2.05, 4.69) is 5.32 Å². The molecule has 4 aliphatic heterocycles. The number of nitrogens with one attached hydrogen (secondary N) is 1. The third-order valence-corrected chi connectivity index (χ3v) is 7.12. The van der Waals surface area contributed by atoms with Crippen molar-refractivity contribution < 1.29 is 28.7 Å². The second-order valence-electron chi connectivity index (χ2n) is 9.39. The number of fused-ring (bicyclic) bond motifs is 3. The molecule has 1 N–H and O–H groups in total. The zero-order valence-electron chi connectivity index (χ0n) is 19.3. The SMILES string of the molecule is CC1NC(=O)C2CN(C)CCN2C(=O)C2CCCN2C(=O)CCOC(=O)C2CCCN2C1=O. The molecule has 0 aromatic heterocycles. The molecule has 11 nitrogen and oxygen atoms in total. The molecule has 182 valence electrons. The molecule has 4 heterocycles. The highest BCUT2D eigenvalue weighted by Gasteiger charge is 2.43. The average molecular weight is 464 g/mol. The fourth-order valence-electron chi connectivity index (χ4n) is 5.30. The lowest BCUT2D eigenvalue weighted by Gasteiger charge is -2.41. The zero-order valence-corrected chi connectivity index (χ0v) is 19.3.